The van der Waals surface area contributed by atoms with Gasteiger partial charge in [-0.15, -0.1) is 13.2 Å². The topological polar surface area (TPSA) is 155 Å². The van der Waals surface area contributed by atoms with E-state index in [1.54, 1.807) is 38.1 Å². The monoisotopic (exact) mass is 691 g/mol. The quantitative estimate of drug-likeness (QED) is 0.332. The van der Waals surface area contributed by atoms with Gasteiger partial charge in [-0.25, -0.2) is 0 Å². The highest BCUT2D eigenvalue weighted by Gasteiger charge is 2.34. The molecule has 2 aromatic carbocycles. The zero-order valence-corrected chi connectivity index (χ0v) is 28.4. The second kappa shape index (κ2) is 17.0. The molecule has 1 fully saturated rings. The van der Waals surface area contributed by atoms with E-state index in [0.717, 1.165) is 17.0 Å². The molecule has 4 N–H and O–H groups in total. The first kappa shape index (κ1) is 38.6. The molecule has 0 radical (unpaired) electrons. The van der Waals surface area contributed by atoms with Crippen LogP contribution in [0.15, 0.2) is 48.5 Å². The van der Waals surface area contributed by atoms with Crippen LogP contribution in [0.4, 0.5) is 13.2 Å². The highest BCUT2D eigenvalue weighted by molar-refractivity contribution is 5.98. The number of nitrogens with one attached hydrogen (secondary N) is 4. The summed E-state index contributed by atoms with van der Waals surface area (Å²) in [5.41, 5.74) is 0.499. The number of hydrogen-bond donors (Lipinski definition) is 4. The number of ether oxygens (including phenoxy) is 2. The van der Waals surface area contributed by atoms with Gasteiger partial charge in [0.2, 0.25) is 23.6 Å². The van der Waals surface area contributed by atoms with Crippen LogP contribution in [0.2, 0.25) is 0 Å². The van der Waals surface area contributed by atoms with E-state index >= 15 is 0 Å². The molecule has 2 aromatic rings. The van der Waals surface area contributed by atoms with Gasteiger partial charge < -0.3 is 35.6 Å². The lowest BCUT2D eigenvalue weighted by Gasteiger charge is -2.31. The largest absolute Gasteiger partial charge is 0.573 e. The summed E-state index contributed by atoms with van der Waals surface area (Å²) in [6.45, 7) is 7.89. The molecule has 1 saturated heterocycles. The van der Waals surface area contributed by atoms with Crippen LogP contribution in [0.5, 0.6) is 11.5 Å². The fourth-order valence-electron chi connectivity index (χ4n) is 5.17. The Bertz CT molecular complexity index is 1480. The van der Waals surface area contributed by atoms with Gasteiger partial charge in [-0.05, 0) is 61.1 Å². The number of nitrogens with zero attached hydrogens (tertiary/aromatic N) is 1. The normalized spacial score (nSPS) is 21.6. The molecular weight excluding hydrogens is 647 g/mol. The van der Waals surface area contributed by atoms with Gasteiger partial charge in [0.15, 0.2) is 0 Å². The summed E-state index contributed by atoms with van der Waals surface area (Å²) in [4.78, 5) is 68.9. The number of alkyl halides is 3. The average Bonchev–Trinajstić information content (AvgIpc) is 3.01. The van der Waals surface area contributed by atoms with E-state index in [4.69, 9.17) is 4.74 Å². The van der Waals surface area contributed by atoms with Gasteiger partial charge in [-0.1, -0.05) is 45.9 Å². The molecule has 0 aromatic heterocycles. The predicted molar refractivity (Wildman–Crippen MR) is 173 cm³/mol. The van der Waals surface area contributed by atoms with E-state index in [1.807, 2.05) is 13.8 Å². The second-order valence-electron chi connectivity index (χ2n) is 12.7. The summed E-state index contributed by atoms with van der Waals surface area (Å²) in [5, 5.41) is 10.9. The minimum atomic E-state index is -5.00. The number of benzene rings is 2. The van der Waals surface area contributed by atoms with E-state index in [2.05, 4.69) is 26.0 Å². The Morgan fingerprint density at radius 1 is 0.878 bits per heavy atom. The first-order valence-corrected chi connectivity index (χ1v) is 15.9. The molecule has 4 atom stereocenters. The summed E-state index contributed by atoms with van der Waals surface area (Å²) in [7, 11) is 1.52. The van der Waals surface area contributed by atoms with Crippen molar-refractivity contribution in [2.45, 2.75) is 78.0 Å². The second-order valence-corrected chi connectivity index (χ2v) is 12.7. The van der Waals surface area contributed by atoms with Crippen molar-refractivity contribution < 1.29 is 46.6 Å². The molecule has 1 heterocycles. The van der Waals surface area contributed by atoms with E-state index in [1.165, 1.54) is 26.2 Å². The predicted octanol–water partition coefficient (Wildman–Crippen LogP) is 2.95. The van der Waals surface area contributed by atoms with Gasteiger partial charge in [-0.3, -0.25) is 24.0 Å². The summed E-state index contributed by atoms with van der Waals surface area (Å²) in [5.74, 6) is -3.81. The van der Waals surface area contributed by atoms with Gasteiger partial charge in [-0.2, -0.15) is 0 Å². The van der Waals surface area contributed by atoms with Crippen molar-refractivity contribution in [1.29, 1.82) is 0 Å². The van der Waals surface area contributed by atoms with Crippen LogP contribution in [-0.4, -0.2) is 85.2 Å². The number of rotatable bonds is 8. The van der Waals surface area contributed by atoms with Crippen LogP contribution in [-0.2, 0) is 25.6 Å². The fourth-order valence-corrected chi connectivity index (χ4v) is 5.17. The van der Waals surface area contributed by atoms with Crippen molar-refractivity contribution in [1.82, 2.24) is 26.2 Å². The fraction of sp³-hybridized carbons (Fsp3) is 0.500. The molecule has 3 rings (SSSR count). The molecule has 5 amide bonds. The highest BCUT2D eigenvalue weighted by atomic mass is 19.4. The molecule has 15 heteroatoms. The number of carbonyl (C=O) groups excluding carboxylic acids is 5. The van der Waals surface area contributed by atoms with E-state index in [0.29, 0.717) is 11.3 Å². The van der Waals surface area contributed by atoms with E-state index in [-0.39, 0.29) is 36.8 Å². The average molecular weight is 692 g/mol. The first-order chi connectivity index (χ1) is 22.9. The standard InChI is InChI=1S/C34H44F3N5O7/c1-19(2)14-26-32(46)40-27(15-22-10-12-24(48-6)13-11-22)31(45)38-21(5)30(44)41-28(20(3)4)17-42(18-29(43)39-26)33(47)23-8-7-9-25(16-23)49-34(35,36)37/h7-13,16,19-21,26-28H,14-15,17-18H2,1-6H3,(H,38,45)(H,39,43)(H,40,46)(H,41,44)/t21-,26+,27+,28-/m1/s1. The number of methoxy groups -OCH3 is 1. The first-order valence-electron chi connectivity index (χ1n) is 15.9. The maximum absolute atomic E-state index is 13.7. The molecule has 1 aliphatic rings. The molecule has 0 aliphatic carbocycles. The lowest BCUT2D eigenvalue weighted by atomic mass is 10.0. The molecule has 0 unspecified atom stereocenters. The smallest absolute Gasteiger partial charge is 0.497 e. The Hall–Kier alpha value is -4.82. The third-order valence-corrected chi connectivity index (χ3v) is 7.83. The van der Waals surface area contributed by atoms with Crippen molar-refractivity contribution in [3.63, 3.8) is 0 Å². The zero-order chi connectivity index (χ0) is 36.5. The summed E-state index contributed by atoms with van der Waals surface area (Å²) in [6.07, 6.45) is -4.75. The van der Waals surface area contributed by atoms with Crippen molar-refractivity contribution >= 4 is 29.5 Å². The maximum atomic E-state index is 13.7. The minimum Gasteiger partial charge on any atom is -0.497 e. The van der Waals surface area contributed by atoms with Crippen LogP contribution < -0.4 is 30.7 Å². The van der Waals surface area contributed by atoms with E-state index < -0.39 is 72.4 Å². The van der Waals surface area contributed by atoms with Crippen LogP contribution >= 0.6 is 0 Å². The molecule has 268 valence electrons. The minimum absolute atomic E-state index is 0.0618. The van der Waals surface area contributed by atoms with E-state index in [9.17, 15) is 37.1 Å². The zero-order valence-electron chi connectivity index (χ0n) is 28.4. The molecule has 12 nitrogen and oxygen atoms in total. The SMILES string of the molecule is COc1ccc(C[C@@H]2NC(=O)[C@H](CC(C)C)NC(=O)CN(C(=O)c3cccc(OC(F)(F)F)c3)C[C@H](C(C)C)NC(=O)[C@@H](C)NC2=O)cc1. The molecular formula is C34H44F3N5O7. The summed E-state index contributed by atoms with van der Waals surface area (Å²) < 4.78 is 47.9. The Kier molecular flexibility index (Phi) is 13.4. The van der Waals surface area contributed by atoms with Crippen LogP contribution in [0.1, 0.15) is 57.0 Å². The highest BCUT2D eigenvalue weighted by Crippen LogP contribution is 2.24. The molecule has 0 spiro atoms. The van der Waals surface area contributed by atoms with Crippen molar-refractivity contribution in [3.05, 3.63) is 59.7 Å². The maximum Gasteiger partial charge on any atom is 0.573 e. The lowest BCUT2D eigenvalue weighted by Crippen LogP contribution is -2.57. The third-order valence-electron chi connectivity index (χ3n) is 7.83. The Labute approximate surface area is 283 Å². The molecule has 0 saturated carbocycles. The van der Waals surface area contributed by atoms with Crippen LogP contribution in [0.3, 0.4) is 0 Å². The summed E-state index contributed by atoms with van der Waals surface area (Å²) >= 11 is 0. The molecule has 0 bridgehead atoms. The van der Waals surface area contributed by atoms with Crippen molar-refractivity contribution in [2.24, 2.45) is 11.8 Å². The van der Waals surface area contributed by atoms with Gasteiger partial charge in [0.1, 0.15) is 29.6 Å². The number of amides is 5. The third kappa shape index (κ3) is 12.0. The van der Waals surface area contributed by atoms with Crippen LogP contribution in [0.25, 0.3) is 0 Å². The van der Waals surface area contributed by atoms with Gasteiger partial charge in [0.05, 0.1) is 13.7 Å². The van der Waals surface area contributed by atoms with Crippen molar-refractivity contribution in [2.75, 3.05) is 20.2 Å². The number of carbonyl (C=O) groups is 5. The number of hydrogen-bond acceptors (Lipinski definition) is 7. The Balaban J connectivity index is 2.00. The Morgan fingerprint density at radius 3 is 2.12 bits per heavy atom. The van der Waals surface area contributed by atoms with Crippen LogP contribution in [0, 0.1) is 11.8 Å². The molecule has 1 aliphatic heterocycles. The van der Waals surface area contributed by atoms with Crippen molar-refractivity contribution in [3.8, 4) is 11.5 Å². The van der Waals surface area contributed by atoms with Gasteiger partial charge >= 0.3 is 6.36 Å². The summed E-state index contributed by atoms with van der Waals surface area (Å²) in [6, 6.07) is 7.26. The van der Waals surface area contributed by atoms with Gasteiger partial charge in [0.25, 0.3) is 5.91 Å². The Morgan fingerprint density at radius 2 is 1.53 bits per heavy atom. The lowest BCUT2D eigenvalue weighted by molar-refractivity contribution is -0.274. The number of halogens is 3. The van der Waals surface area contributed by atoms with Gasteiger partial charge in [0, 0.05) is 24.6 Å². The molecule has 49 heavy (non-hydrogen) atoms.